The van der Waals surface area contributed by atoms with Gasteiger partial charge in [-0.05, 0) is 0 Å². The van der Waals surface area contributed by atoms with E-state index in [1.165, 1.54) is 51.8 Å². The molecular weight excluding hydrogens is 415 g/mol. The Morgan fingerprint density at radius 2 is 1.24 bits per heavy atom. The van der Waals surface area contributed by atoms with Crippen LogP contribution in [0.4, 0.5) is 0 Å². The molecule has 0 aliphatic heterocycles. The third kappa shape index (κ3) is 4.64. The van der Waals surface area contributed by atoms with Gasteiger partial charge in [0.1, 0.15) is 0 Å². The first-order valence-corrected chi connectivity index (χ1v) is 17.5. The van der Waals surface area contributed by atoms with Crippen LogP contribution >= 0.6 is 0 Å². The van der Waals surface area contributed by atoms with Crippen LogP contribution in [0.5, 0.6) is 0 Å². The van der Waals surface area contributed by atoms with Crippen molar-refractivity contribution in [1.82, 2.24) is 0 Å². The molecule has 2 nitrogen and oxygen atoms in total. The molecule has 0 amide bonds. The van der Waals surface area contributed by atoms with E-state index in [0.29, 0.717) is 11.1 Å². The topological polar surface area (TPSA) is 34.1 Å². The zero-order valence-corrected chi connectivity index (χ0v) is 18.9. The quantitative estimate of drug-likeness (QED) is 0.390. The fraction of sp³-hybridized carbons (Fsp3) is 0.545. The molecule has 0 saturated heterocycles. The van der Waals surface area contributed by atoms with E-state index < -0.39 is 18.4 Å². The summed E-state index contributed by atoms with van der Waals surface area (Å²) in [6.45, 7) is 6.69. The molecule has 3 heteroatoms. The predicted octanol–water partition coefficient (Wildman–Crippen LogP) is 6.38. The average molecular weight is 447 g/mol. The molecule has 0 fully saturated rings. The second-order valence-corrected chi connectivity index (χ2v) is 20.5. The zero-order chi connectivity index (χ0) is 18.3. The number of carbonyl (C=O) groups excluding carboxylic acids is 2. The summed E-state index contributed by atoms with van der Waals surface area (Å²) in [5, 5.41) is 0. The van der Waals surface area contributed by atoms with Gasteiger partial charge >= 0.3 is 157 Å². The summed E-state index contributed by atoms with van der Waals surface area (Å²) < 4.78 is 4.66. The molecule has 1 aromatic rings. The molecule has 0 atom stereocenters. The van der Waals surface area contributed by atoms with Crippen LogP contribution in [-0.4, -0.2) is 29.9 Å². The second kappa shape index (κ2) is 9.70. The molecule has 0 spiro atoms. The molecule has 1 aromatic carbocycles. The van der Waals surface area contributed by atoms with Crippen LogP contribution in [0.2, 0.25) is 13.3 Å². The Hall–Kier alpha value is -0.901. The van der Waals surface area contributed by atoms with Crippen LogP contribution in [0.25, 0.3) is 0 Å². The molecule has 0 bridgehead atoms. The molecule has 0 radical (unpaired) electrons. The maximum absolute atomic E-state index is 13.3. The van der Waals surface area contributed by atoms with Crippen molar-refractivity contribution in [3.05, 3.63) is 45.1 Å². The van der Waals surface area contributed by atoms with Gasteiger partial charge < -0.3 is 0 Å². The van der Waals surface area contributed by atoms with Gasteiger partial charge in [0, 0.05) is 0 Å². The molecule has 0 N–H and O–H groups in total. The Morgan fingerprint density at radius 3 is 1.72 bits per heavy atom. The van der Waals surface area contributed by atoms with E-state index in [2.05, 4.69) is 20.8 Å². The Labute approximate surface area is 157 Å². The van der Waals surface area contributed by atoms with Crippen LogP contribution in [0.15, 0.2) is 33.9 Å². The number of benzene rings is 1. The number of allylic oxidation sites excluding steroid dienone is 2. The number of unbranched alkanes of at least 4 members (excludes halogenated alkanes) is 3. The van der Waals surface area contributed by atoms with Crippen molar-refractivity contribution in [2.24, 2.45) is 0 Å². The summed E-state index contributed by atoms with van der Waals surface area (Å²) >= 11 is -2.86. The number of fused-ring (bicyclic) bond motifs is 1. The van der Waals surface area contributed by atoms with Crippen molar-refractivity contribution >= 4 is 29.9 Å². The van der Waals surface area contributed by atoms with Gasteiger partial charge in [0.25, 0.3) is 0 Å². The van der Waals surface area contributed by atoms with Gasteiger partial charge in [-0.1, -0.05) is 0 Å². The minimum absolute atomic E-state index is 0.0516. The van der Waals surface area contributed by atoms with Crippen molar-refractivity contribution in [1.29, 1.82) is 0 Å². The molecule has 0 aromatic heterocycles. The first kappa shape index (κ1) is 20.4. The van der Waals surface area contributed by atoms with Gasteiger partial charge in [-0.25, -0.2) is 0 Å². The molecule has 136 valence electrons. The molecule has 2 rings (SSSR count). The number of Topliss-reactive ketones (excluding diaryl/α,β-unsaturated/α-hetero) is 1. The van der Waals surface area contributed by atoms with E-state index >= 15 is 0 Å². The average Bonchev–Trinajstić information content (AvgIpc) is 2.64. The summed E-state index contributed by atoms with van der Waals surface area (Å²) in [4.78, 5) is 26.0. The van der Waals surface area contributed by atoms with E-state index in [4.69, 9.17) is 0 Å². The summed E-state index contributed by atoms with van der Waals surface area (Å²) in [6, 6.07) is 7.38. The monoisotopic (exact) mass is 448 g/mol. The van der Waals surface area contributed by atoms with Gasteiger partial charge in [-0.3, -0.25) is 0 Å². The standard InChI is InChI=1S/C10H5O2.3C4H9.Sn/c11-9-5-6-10(12)8-4-2-1-3-7(8)9;3*1-3-4-2;/h1-5H;3*1,3-4H2,2H3;. The van der Waals surface area contributed by atoms with E-state index in [1.807, 2.05) is 18.2 Å². The van der Waals surface area contributed by atoms with Gasteiger partial charge in [-0.2, -0.15) is 0 Å². The minimum atomic E-state index is -2.86. The van der Waals surface area contributed by atoms with E-state index in [-0.39, 0.29) is 11.6 Å². The summed E-state index contributed by atoms with van der Waals surface area (Å²) in [7, 11) is 0. The van der Waals surface area contributed by atoms with E-state index in [9.17, 15) is 9.59 Å². The summed E-state index contributed by atoms with van der Waals surface area (Å²) in [5.74, 6) is 0.227. The first-order valence-electron chi connectivity index (χ1n) is 9.99. The molecule has 0 saturated carbocycles. The number of hydrogen-bond donors (Lipinski definition) is 0. The Bertz CT molecular complexity index is 623. The number of ketones is 2. The fourth-order valence-corrected chi connectivity index (χ4v) is 20.3. The molecular formula is C22H32O2Sn. The molecule has 0 unspecified atom stereocenters. The van der Waals surface area contributed by atoms with Gasteiger partial charge in [-0.15, -0.1) is 0 Å². The van der Waals surface area contributed by atoms with Gasteiger partial charge in [0.2, 0.25) is 0 Å². The van der Waals surface area contributed by atoms with Gasteiger partial charge in [0.15, 0.2) is 0 Å². The summed E-state index contributed by atoms with van der Waals surface area (Å²) in [6.07, 6.45) is 8.87. The predicted molar refractivity (Wildman–Crippen MR) is 108 cm³/mol. The van der Waals surface area contributed by atoms with Crippen molar-refractivity contribution in [3.63, 3.8) is 0 Å². The number of hydrogen-bond acceptors (Lipinski definition) is 2. The van der Waals surface area contributed by atoms with E-state index in [0.717, 1.165) is 3.59 Å². The van der Waals surface area contributed by atoms with Crippen LogP contribution in [0.3, 0.4) is 0 Å². The normalized spacial score (nSPS) is 14.4. The first-order chi connectivity index (χ1) is 12.1. The maximum atomic E-state index is 13.3. The molecule has 1 aliphatic rings. The fourth-order valence-electron chi connectivity index (χ4n) is 4.03. The molecule has 0 heterocycles. The van der Waals surface area contributed by atoms with Crippen molar-refractivity contribution < 1.29 is 9.59 Å². The second-order valence-electron chi connectivity index (χ2n) is 7.39. The van der Waals surface area contributed by atoms with Crippen molar-refractivity contribution in [3.8, 4) is 0 Å². The number of rotatable bonds is 10. The van der Waals surface area contributed by atoms with Crippen molar-refractivity contribution in [2.45, 2.75) is 72.6 Å². The number of carbonyl (C=O) groups is 2. The SMILES string of the molecule is CCC[CH2][Sn]([CH2]CCC)([CH2]CCC)[C]1=CC(=O)c2ccccc2C1=O. The van der Waals surface area contributed by atoms with Gasteiger partial charge in [0.05, 0.1) is 0 Å². The molecule has 1 aliphatic carbocycles. The Balaban J connectivity index is 2.47. The van der Waals surface area contributed by atoms with Crippen molar-refractivity contribution in [2.75, 3.05) is 0 Å². The van der Waals surface area contributed by atoms with Crippen LogP contribution < -0.4 is 0 Å². The Kier molecular flexibility index (Phi) is 7.92. The molecule has 25 heavy (non-hydrogen) atoms. The third-order valence-corrected chi connectivity index (χ3v) is 21.1. The van der Waals surface area contributed by atoms with Crippen LogP contribution in [0.1, 0.15) is 80.0 Å². The third-order valence-electron chi connectivity index (χ3n) is 5.56. The Morgan fingerprint density at radius 1 is 0.760 bits per heavy atom. The zero-order valence-electron chi connectivity index (χ0n) is 16.1. The summed E-state index contributed by atoms with van der Waals surface area (Å²) in [5.41, 5.74) is 1.24. The van der Waals surface area contributed by atoms with Crippen LogP contribution in [-0.2, 0) is 0 Å². The van der Waals surface area contributed by atoms with Crippen LogP contribution in [0, 0.1) is 0 Å². The van der Waals surface area contributed by atoms with E-state index in [1.54, 1.807) is 12.1 Å².